The van der Waals surface area contributed by atoms with E-state index in [1.807, 2.05) is 17.0 Å². The van der Waals surface area contributed by atoms with Crippen LogP contribution in [0.15, 0.2) is 18.3 Å². The molecular formula is C13H16ClN3O. The number of carbonyl (C=O) groups excluding carboxylic acids is 1. The molecule has 1 aromatic heterocycles. The fourth-order valence-electron chi connectivity index (χ4n) is 2.57. The van der Waals surface area contributed by atoms with Gasteiger partial charge in [-0.3, -0.25) is 4.79 Å². The van der Waals surface area contributed by atoms with Crippen molar-refractivity contribution >= 4 is 23.3 Å². The predicted octanol–water partition coefficient (Wildman–Crippen LogP) is 1.79. The summed E-state index contributed by atoms with van der Waals surface area (Å²) in [6.45, 7) is 3.44. The summed E-state index contributed by atoms with van der Waals surface area (Å²) in [4.78, 5) is 20.5. The van der Waals surface area contributed by atoms with Crippen molar-refractivity contribution in [2.24, 2.45) is 5.92 Å². The van der Waals surface area contributed by atoms with Crippen LogP contribution in [-0.2, 0) is 4.79 Å². The second-order valence-corrected chi connectivity index (χ2v) is 5.41. The van der Waals surface area contributed by atoms with Crippen molar-refractivity contribution in [2.75, 3.05) is 31.1 Å². The van der Waals surface area contributed by atoms with Crippen LogP contribution in [0.5, 0.6) is 0 Å². The zero-order valence-electron chi connectivity index (χ0n) is 10.2. The van der Waals surface area contributed by atoms with Crippen LogP contribution in [-0.4, -0.2) is 42.0 Å². The molecule has 1 amide bonds. The van der Waals surface area contributed by atoms with E-state index in [0.29, 0.717) is 10.9 Å². The van der Waals surface area contributed by atoms with Crippen molar-refractivity contribution < 1.29 is 4.79 Å². The third-order valence-electron chi connectivity index (χ3n) is 3.68. The van der Waals surface area contributed by atoms with Crippen LogP contribution in [0, 0.1) is 5.92 Å². The lowest BCUT2D eigenvalue weighted by atomic mass is 9.98. The Labute approximate surface area is 112 Å². The topological polar surface area (TPSA) is 36.4 Å². The van der Waals surface area contributed by atoms with Gasteiger partial charge in [0.1, 0.15) is 5.82 Å². The van der Waals surface area contributed by atoms with Gasteiger partial charge in [0.05, 0.1) is 10.9 Å². The van der Waals surface area contributed by atoms with E-state index in [1.165, 1.54) is 0 Å². The summed E-state index contributed by atoms with van der Waals surface area (Å²) >= 11 is 5.80. The highest BCUT2D eigenvalue weighted by Gasteiger charge is 2.36. The van der Waals surface area contributed by atoms with E-state index in [0.717, 1.165) is 44.8 Å². The van der Waals surface area contributed by atoms with Gasteiger partial charge in [0.15, 0.2) is 0 Å². The van der Waals surface area contributed by atoms with Crippen LogP contribution >= 0.6 is 11.6 Å². The number of carbonyl (C=O) groups is 1. The number of pyridine rings is 1. The molecule has 1 aromatic rings. The average Bonchev–Trinajstić information content (AvgIpc) is 2.83. The number of likely N-dealkylation sites (tertiary alicyclic amines) is 1. The molecule has 2 aliphatic rings. The van der Waals surface area contributed by atoms with Gasteiger partial charge in [-0.2, -0.15) is 0 Å². The van der Waals surface area contributed by atoms with Gasteiger partial charge in [0.25, 0.3) is 0 Å². The van der Waals surface area contributed by atoms with Crippen molar-refractivity contribution in [3.63, 3.8) is 0 Å². The second-order valence-electron chi connectivity index (χ2n) is 4.97. The Bertz CT molecular complexity index is 436. The minimum Gasteiger partial charge on any atom is -0.355 e. The average molecular weight is 266 g/mol. The first-order valence-corrected chi connectivity index (χ1v) is 6.77. The maximum Gasteiger partial charge on any atom is 0.229 e. The molecule has 96 valence electrons. The van der Waals surface area contributed by atoms with Crippen LogP contribution in [0.2, 0.25) is 5.02 Å². The van der Waals surface area contributed by atoms with E-state index in [9.17, 15) is 4.79 Å². The smallest absolute Gasteiger partial charge is 0.229 e. The molecule has 2 fully saturated rings. The third-order valence-corrected chi connectivity index (χ3v) is 3.91. The fourth-order valence-corrected chi connectivity index (χ4v) is 2.68. The lowest BCUT2D eigenvalue weighted by Crippen LogP contribution is -2.54. The number of aromatic nitrogens is 1. The summed E-state index contributed by atoms with van der Waals surface area (Å²) in [5.41, 5.74) is 0. The molecule has 18 heavy (non-hydrogen) atoms. The normalized spacial score (nSPS) is 20.1. The maximum absolute atomic E-state index is 12.1. The molecule has 2 aliphatic heterocycles. The molecule has 0 atom stereocenters. The zero-order chi connectivity index (χ0) is 12.5. The molecule has 0 aromatic carbocycles. The Balaban J connectivity index is 1.56. The van der Waals surface area contributed by atoms with Crippen LogP contribution < -0.4 is 4.90 Å². The number of rotatable bonds is 2. The molecule has 0 bridgehead atoms. The Morgan fingerprint density at radius 2 is 2.00 bits per heavy atom. The van der Waals surface area contributed by atoms with Gasteiger partial charge in [0, 0.05) is 32.4 Å². The van der Waals surface area contributed by atoms with Gasteiger partial charge in [-0.15, -0.1) is 0 Å². The van der Waals surface area contributed by atoms with E-state index in [-0.39, 0.29) is 5.92 Å². The summed E-state index contributed by atoms with van der Waals surface area (Å²) in [6, 6.07) is 3.73. The predicted molar refractivity (Wildman–Crippen MR) is 70.8 cm³/mol. The molecule has 0 radical (unpaired) electrons. The van der Waals surface area contributed by atoms with Gasteiger partial charge in [0.2, 0.25) is 5.91 Å². The summed E-state index contributed by atoms with van der Waals surface area (Å²) in [5.74, 6) is 1.38. The van der Waals surface area contributed by atoms with E-state index >= 15 is 0 Å². The van der Waals surface area contributed by atoms with E-state index in [1.54, 1.807) is 6.20 Å². The molecule has 0 aliphatic carbocycles. The molecule has 2 saturated heterocycles. The van der Waals surface area contributed by atoms with Gasteiger partial charge >= 0.3 is 0 Å². The van der Waals surface area contributed by atoms with Crippen molar-refractivity contribution in [1.29, 1.82) is 0 Å². The Morgan fingerprint density at radius 1 is 1.28 bits per heavy atom. The minimum absolute atomic E-state index is 0.153. The summed E-state index contributed by atoms with van der Waals surface area (Å²) < 4.78 is 0. The van der Waals surface area contributed by atoms with E-state index in [4.69, 9.17) is 11.6 Å². The second kappa shape index (κ2) is 4.76. The van der Waals surface area contributed by atoms with Crippen molar-refractivity contribution in [2.45, 2.75) is 12.8 Å². The standard InChI is InChI=1S/C13H16ClN3O/c14-11-3-4-12(15-7-11)17-8-10(9-17)13(18)16-5-1-2-6-16/h3-4,7,10H,1-2,5-6,8-9H2. The lowest BCUT2D eigenvalue weighted by molar-refractivity contribution is -0.135. The van der Waals surface area contributed by atoms with Crippen LogP contribution in [0.4, 0.5) is 5.82 Å². The number of amides is 1. The summed E-state index contributed by atoms with van der Waals surface area (Å²) in [6.07, 6.45) is 3.95. The molecule has 3 heterocycles. The quantitative estimate of drug-likeness (QED) is 0.818. The number of anilines is 1. The van der Waals surface area contributed by atoms with Crippen molar-refractivity contribution in [3.8, 4) is 0 Å². The van der Waals surface area contributed by atoms with Gasteiger partial charge in [-0.05, 0) is 25.0 Å². The number of hydrogen-bond acceptors (Lipinski definition) is 3. The molecule has 0 unspecified atom stereocenters. The zero-order valence-corrected chi connectivity index (χ0v) is 10.9. The summed E-state index contributed by atoms with van der Waals surface area (Å²) in [7, 11) is 0. The SMILES string of the molecule is O=C(C1CN(c2ccc(Cl)cn2)C1)N1CCCC1. The molecule has 0 saturated carbocycles. The first-order chi connectivity index (χ1) is 8.74. The highest BCUT2D eigenvalue weighted by atomic mass is 35.5. The Kier molecular flexibility index (Phi) is 3.12. The highest BCUT2D eigenvalue weighted by molar-refractivity contribution is 6.30. The molecule has 3 rings (SSSR count). The fraction of sp³-hybridized carbons (Fsp3) is 0.538. The molecule has 0 N–H and O–H groups in total. The minimum atomic E-state index is 0.153. The third kappa shape index (κ3) is 2.17. The Hall–Kier alpha value is -1.29. The lowest BCUT2D eigenvalue weighted by Gasteiger charge is -2.40. The monoisotopic (exact) mass is 265 g/mol. The Morgan fingerprint density at radius 3 is 2.61 bits per heavy atom. The molecule has 4 nitrogen and oxygen atoms in total. The van der Waals surface area contributed by atoms with E-state index in [2.05, 4.69) is 9.88 Å². The van der Waals surface area contributed by atoms with Gasteiger partial charge < -0.3 is 9.80 Å². The van der Waals surface area contributed by atoms with Crippen LogP contribution in [0.1, 0.15) is 12.8 Å². The number of nitrogens with zero attached hydrogens (tertiary/aromatic N) is 3. The van der Waals surface area contributed by atoms with Gasteiger partial charge in [-0.1, -0.05) is 11.6 Å². The number of halogens is 1. The van der Waals surface area contributed by atoms with Crippen molar-refractivity contribution in [1.82, 2.24) is 9.88 Å². The molecular weight excluding hydrogens is 250 g/mol. The van der Waals surface area contributed by atoms with Crippen LogP contribution in [0.3, 0.4) is 0 Å². The molecule has 5 heteroatoms. The summed E-state index contributed by atoms with van der Waals surface area (Å²) in [5, 5.41) is 0.643. The first kappa shape index (κ1) is 11.8. The highest BCUT2D eigenvalue weighted by Crippen LogP contribution is 2.26. The van der Waals surface area contributed by atoms with E-state index < -0.39 is 0 Å². The van der Waals surface area contributed by atoms with Crippen molar-refractivity contribution in [3.05, 3.63) is 23.4 Å². The van der Waals surface area contributed by atoms with Gasteiger partial charge in [-0.25, -0.2) is 4.98 Å². The maximum atomic E-state index is 12.1. The van der Waals surface area contributed by atoms with Crippen LogP contribution in [0.25, 0.3) is 0 Å². The first-order valence-electron chi connectivity index (χ1n) is 6.39. The largest absolute Gasteiger partial charge is 0.355 e. The number of hydrogen-bond donors (Lipinski definition) is 0. The molecule has 0 spiro atoms.